The standard InChI is InChI=1S/C23H20FN3O4S/c1-14(2)31-23(28)15-7-9-16(10-8-15)27-32(29,30)17-11-12-20-21(13-17)26-22(25-20)18-5-3-4-6-19(18)24/h3-14,27H,1-2H3,(H,25,26). The van der Waals surface area contributed by atoms with E-state index in [2.05, 4.69) is 14.7 Å². The number of carbonyl (C=O) groups is 1. The van der Waals surface area contributed by atoms with Crippen molar-refractivity contribution in [2.24, 2.45) is 0 Å². The number of nitrogens with one attached hydrogen (secondary N) is 2. The molecule has 0 atom stereocenters. The van der Waals surface area contributed by atoms with Crippen LogP contribution in [0.25, 0.3) is 22.4 Å². The van der Waals surface area contributed by atoms with Crippen LogP contribution in [-0.2, 0) is 14.8 Å². The average molecular weight is 453 g/mol. The Balaban J connectivity index is 1.58. The third-order valence-corrected chi connectivity index (χ3v) is 5.99. The van der Waals surface area contributed by atoms with Gasteiger partial charge < -0.3 is 9.72 Å². The lowest BCUT2D eigenvalue weighted by atomic mass is 10.2. The van der Waals surface area contributed by atoms with Gasteiger partial charge in [-0.3, -0.25) is 4.72 Å². The molecule has 0 bridgehead atoms. The highest BCUT2D eigenvalue weighted by molar-refractivity contribution is 7.92. The van der Waals surface area contributed by atoms with Gasteiger partial charge in [-0.1, -0.05) is 12.1 Å². The Kier molecular flexibility index (Phi) is 5.67. The molecule has 0 aliphatic rings. The Morgan fingerprint density at radius 3 is 2.47 bits per heavy atom. The number of rotatable bonds is 6. The number of halogens is 1. The Morgan fingerprint density at radius 2 is 1.78 bits per heavy atom. The summed E-state index contributed by atoms with van der Waals surface area (Å²) in [6.07, 6.45) is -0.253. The van der Waals surface area contributed by atoms with Crippen molar-refractivity contribution in [2.75, 3.05) is 4.72 Å². The van der Waals surface area contributed by atoms with Crippen molar-refractivity contribution in [1.29, 1.82) is 0 Å². The number of imidazole rings is 1. The summed E-state index contributed by atoms with van der Waals surface area (Å²) in [5.41, 5.74) is 1.87. The predicted molar refractivity (Wildman–Crippen MR) is 119 cm³/mol. The monoisotopic (exact) mass is 453 g/mol. The van der Waals surface area contributed by atoms with Crippen LogP contribution in [0.15, 0.2) is 71.6 Å². The van der Waals surface area contributed by atoms with Gasteiger partial charge >= 0.3 is 5.97 Å². The first-order valence-corrected chi connectivity index (χ1v) is 11.3. The number of aromatic nitrogens is 2. The number of sulfonamides is 1. The number of fused-ring (bicyclic) bond motifs is 1. The number of esters is 1. The molecule has 3 aromatic carbocycles. The molecule has 2 N–H and O–H groups in total. The second-order valence-electron chi connectivity index (χ2n) is 7.38. The molecule has 0 fully saturated rings. The Hall–Kier alpha value is -3.72. The van der Waals surface area contributed by atoms with Crippen LogP contribution < -0.4 is 4.72 Å². The zero-order valence-corrected chi connectivity index (χ0v) is 18.1. The van der Waals surface area contributed by atoms with E-state index < -0.39 is 21.8 Å². The van der Waals surface area contributed by atoms with Gasteiger partial charge in [-0.15, -0.1) is 0 Å². The minimum atomic E-state index is -3.91. The van der Waals surface area contributed by atoms with Crippen molar-refractivity contribution in [3.8, 4) is 11.4 Å². The van der Waals surface area contributed by atoms with Gasteiger partial charge in [0, 0.05) is 5.69 Å². The molecule has 0 unspecified atom stereocenters. The summed E-state index contributed by atoms with van der Waals surface area (Å²) >= 11 is 0. The molecule has 0 amide bonds. The van der Waals surface area contributed by atoms with Crippen molar-refractivity contribution in [3.63, 3.8) is 0 Å². The van der Waals surface area contributed by atoms with Crippen LogP contribution in [-0.4, -0.2) is 30.5 Å². The first kappa shape index (κ1) is 21.5. The van der Waals surface area contributed by atoms with E-state index in [9.17, 15) is 17.6 Å². The molecule has 164 valence electrons. The van der Waals surface area contributed by atoms with Crippen molar-refractivity contribution in [2.45, 2.75) is 24.8 Å². The number of ether oxygens (including phenoxy) is 1. The second kappa shape index (κ2) is 8.43. The number of H-pyrrole nitrogens is 1. The zero-order chi connectivity index (χ0) is 22.9. The third-order valence-electron chi connectivity index (χ3n) is 4.61. The normalized spacial score (nSPS) is 11.6. The van der Waals surface area contributed by atoms with E-state index in [4.69, 9.17) is 4.74 Å². The molecule has 4 aromatic rings. The molecular weight excluding hydrogens is 433 g/mol. The number of anilines is 1. The minimum absolute atomic E-state index is 0.0111. The molecule has 0 aliphatic heterocycles. The number of aromatic amines is 1. The van der Waals surface area contributed by atoms with Gasteiger partial charge in [-0.25, -0.2) is 22.6 Å². The quantitative estimate of drug-likeness (QED) is 0.411. The van der Waals surface area contributed by atoms with Crippen LogP contribution in [0, 0.1) is 5.82 Å². The van der Waals surface area contributed by atoms with Crippen LogP contribution in [0.3, 0.4) is 0 Å². The molecule has 0 saturated heterocycles. The number of nitrogens with zero attached hydrogens (tertiary/aromatic N) is 1. The van der Waals surface area contributed by atoms with E-state index in [0.717, 1.165) is 0 Å². The minimum Gasteiger partial charge on any atom is -0.459 e. The van der Waals surface area contributed by atoms with Crippen LogP contribution in [0.4, 0.5) is 10.1 Å². The van der Waals surface area contributed by atoms with Gasteiger partial charge in [0.25, 0.3) is 10.0 Å². The topological polar surface area (TPSA) is 101 Å². The Bertz CT molecular complexity index is 1400. The summed E-state index contributed by atoms with van der Waals surface area (Å²) < 4.78 is 47.3. The molecule has 9 heteroatoms. The van der Waals surface area contributed by atoms with Gasteiger partial charge in [0.05, 0.1) is 33.2 Å². The number of hydrogen-bond acceptors (Lipinski definition) is 5. The van der Waals surface area contributed by atoms with E-state index in [1.54, 1.807) is 38.1 Å². The van der Waals surface area contributed by atoms with E-state index in [0.29, 0.717) is 33.7 Å². The number of benzene rings is 3. The largest absolute Gasteiger partial charge is 0.459 e. The van der Waals surface area contributed by atoms with Gasteiger partial charge in [0.15, 0.2) is 0 Å². The Labute approximate surface area is 184 Å². The Morgan fingerprint density at radius 1 is 1.06 bits per heavy atom. The molecule has 7 nitrogen and oxygen atoms in total. The third kappa shape index (κ3) is 4.47. The number of hydrogen-bond donors (Lipinski definition) is 2. The van der Waals surface area contributed by atoms with Crippen molar-refractivity contribution >= 4 is 32.7 Å². The summed E-state index contributed by atoms with van der Waals surface area (Å²) in [6, 6.07) is 16.5. The molecule has 0 radical (unpaired) electrons. The van der Waals surface area contributed by atoms with E-state index in [1.807, 2.05) is 0 Å². The van der Waals surface area contributed by atoms with Crippen LogP contribution in [0.2, 0.25) is 0 Å². The lowest BCUT2D eigenvalue weighted by Crippen LogP contribution is -2.14. The fourth-order valence-corrected chi connectivity index (χ4v) is 4.19. The van der Waals surface area contributed by atoms with Gasteiger partial charge in [-0.2, -0.15) is 0 Å². The fraction of sp³-hybridized carbons (Fsp3) is 0.130. The molecule has 0 spiro atoms. The smallest absolute Gasteiger partial charge is 0.338 e. The maximum absolute atomic E-state index is 14.1. The summed E-state index contributed by atoms with van der Waals surface area (Å²) in [4.78, 5) is 19.3. The lowest BCUT2D eigenvalue weighted by Gasteiger charge is -2.10. The van der Waals surface area contributed by atoms with E-state index in [1.165, 1.54) is 42.5 Å². The summed E-state index contributed by atoms with van der Waals surface area (Å²) in [6.45, 7) is 3.49. The highest BCUT2D eigenvalue weighted by Gasteiger charge is 2.17. The molecule has 0 aliphatic carbocycles. The average Bonchev–Trinajstić information content (AvgIpc) is 3.17. The molecule has 1 heterocycles. The van der Waals surface area contributed by atoms with Gasteiger partial charge in [-0.05, 0) is 68.4 Å². The van der Waals surface area contributed by atoms with Crippen LogP contribution in [0.1, 0.15) is 24.2 Å². The highest BCUT2D eigenvalue weighted by Crippen LogP contribution is 2.25. The highest BCUT2D eigenvalue weighted by atomic mass is 32.2. The lowest BCUT2D eigenvalue weighted by molar-refractivity contribution is 0.0378. The first-order chi connectivity index (χ1) is 15.2. The van der Waals surface area contributed by atoms with Crippen LogP contribution in [0.5, 0.6) is 0 Å². The van der Waals surface area contributed by atoms with Gasteiger partial charge in [0.1, 0.15) is 11.6 Å². The molecule has 4 rings (SSSR count). The molecule has 0 saturated carbocycles. The number of carbonyl (C=O) groups excluding carboxylic acids is 1. The summed E-state index contributed by atoms with van der Waals surface area (Å²) in [5, 5.41) is 0. The molecule has 1 aromatic heterocycles. The molecule has 32 heavy (non-hydrogen) atoms. The van der Waals surface area contributed by atoms with E-state index in [-0.39, 0.29) is 11.0 Å². The fourth-order valence-electron chi connectivity index (χ4n) is 3.11. The maximum atomic E-state index is 14.1. The van der Waals surface area contributed by atoms with E-state index >= 15 is 0 Å². The maximum Gasteiger partial charge on any atom is 0.338 e. The van der Waals surface area contributed by atoms with Crippen LogP contribution >= 0.6 is 0 Å². The summed E-state index contributed by atoms with van der Waals surface area (Å²) in [7, 11) is -3.91. The second-order valence-corrected chi connectivity index (χ2v) is 9.06. The zero-order valence-electron chi connectivity index (χ0n) is 17.3. The predicted octanol–water partition coefficient (Wildman–Crippen LogP) is 4.74. The molecular formula is C23H20FN3O4S. The first-order valence-electron chi connectivity index (χ1n) is 9.81. The van der Waals surface area contributed by atoms with Crippen molar-refractivity contribution in [3.05, 3.63) is 78.1 Å². The van der Waals surface area contributed by atoms with Gasteiger partial charge in [0.2, 0.25) is 0 Å². The van der Waals surface area contributed by atoms with Crippen molar-refractivity contribution in [1.82, 2.24) is 9.97 Å². The SMILES string of the molecule is CC(C)OC(=O)c1ccc(NS(=O)(=O)c2ccc3nc(-c4ccccc4F)[nH]c3c2)cc1. The van der Waals surface area contributed by atoms with Crippen molar-refractivity contribution < 1.29 is 22.3 Å². The summed E-state index contributed by atoms with van der Waals surface area (Å²) in [5.74, 6) is -0.601.